The standard InChI is InChI=1S/C33H39N5O4/c1-4-41-30-20-24(9-12-29(30)42-22(2)3)31(37-26-10-11-27-23(19-26)13-14-35-32(27)34)33(39)36-21-25-7-5-6-8-28(25)38-15-17-40-18-16-38/h5-14,19-20,22,31,37H,4,15-18,21H2,1-3H3,(H2,34,35)(H,36,39). The molecule has 1 fully saturated rings. The van der Waals surface area contributed by atoms with Crippen LogP contribution in [0, 0.1) is 0 Å². The summed E-state index contributed by atoms with van der Waals surface area (Å²) in [5.74, 6) is 1.54. The molecular formula is C33H39N5O4. The summed E-state index contributed by atoms with van der Waals surface area (Å²) in [5, 5.41) is 8.43. The Balaban J connectivity index is 1.44. The fourth-order valence-electron chi connectivity index (χ4n) is 5.14. The van der Waals surface area contributed by atoms with Gasteiger partial charge in [0, 0.05) is 42.6 Å². The van der Waals surface area contributed by atoms with Crippen LogP contribution >= 0.6 is 0 Å². The van der Waals surface area contributed by atoms with Gasteiger partial charge in [0.1, 0.15) is 11.9 Å². The number of hydrogen-bond donors (Lipinski definition) is 3. The molecule has 1 aliphatic rings. The van der Waals surface area contributed by atoms with Crippen LogP contribution in [-0.2, 0) is 16.1 Å². The average molecular weight is 570 g/mol. The van der Waals surface area contributed by atoms with Crippen LogP contribution in [0.4, 0.5) is 17.2 Å². The van der Waals surface area contributed by atoms with Gasteiger partial charge in [0.2, 0.25) is 5.91 Å². The van der Waals surface area contributed by atoms with Crippen LogP contribution in [0.1, 0.15) is 37.9 Å². The molecule has 0 saturated carbocycles. The monoisotopic (exact) mass is 569 g/mol. The van der Waals surface area contributed by atoms with Crippen molar-refractivity contribution in [3.05, 3.63) is 84.1 Å². The molecule has 1 aromatic heterocycles. The van der Waals surface area contributed by atoms with Crippen LogP contribution in [0.15, 0.2) is 72.9 Å². The predicted molar refractivity (Wildman–Crippen MR) is 167 cm³/mol. The summed E-state index contributed by atoms with van der Waals surface area (Å²) in [6.07, 6.45) is 1.66. The third kappa shape index (κ3) is 6.86. The van der Waals surface area contributed by atoms with E-state index in [1.54, 1.807) is 6.20 Å². The molecule has 1 atom stereocenters. The number of anilines is 3. The zero-order valence-corrected chi connectivity index (χ0v) is 24.4. The lowest BCUT2D eigenvalue weighted by Crippen LogP contribution is -2.38. The smallest absolute Gasteiger partial charge is 0.247 e. The van der Waals surface area contributed by atoms with Crippen molar-refractivity contribution < 1.29 is 19.0 Å². The van der Waals surface area contributed by atoms with Gasteiger partial charge in [-0.2, -0.15) is 0 Å². The van der Waals surface area contributed by atoms with E-state index in [-0.39, 0.29) is 12.0 Å². The SMILES string of the molecule is CCOc1cc(C(Nc2ccc3c(N)nccc3c2)C(=O)NCc2ccccc2N2CCOCC2)ccc1OC(C)C. The largest absolute Gasteiger partial charge is 0.490 e. The fraction of sp³-hybridized carbons (Fsp3) is 0.333. The highest BCUT2D eigenvalue weighted by Crippen LogP contribution is 2.34. The summed E-state index contributed by atoms with van der Waals surface area (Å²) in [4.78, 5) is 20.4. The summed E-state index contributed by atoms with van der Waals surface area (Å²) in [7, 11) is 0. The number of carbonyl (C=O) groups is 1. The van der Waals surface area contributed by atoms with E-state index in [0.29, 0.717) is 43.7 Å². The van der Waals surface area contributed by atoms with Crippen LogP contribution in [-0.4, -0.2) is 49.9 Å². The first-order valence-electron chi connectivity index (χ1n) is 14.5. The third-order valence-electron chi connectivity index (χ3n) is 7.13. The molecule has 0 spiro atoms. The van der Waals surface area contributed by atoms with Gasteiger partial charge in [0.05, 0.1) is 25.9 Å². The first kappa shape index (κ1) is 29.0. The summed E-state index contributed by atoms with van der Waals surface area (Å²) in [5.41, 5.74) is 9.77. The summed E-state index contributed by atoms with van der Waals surface area (Å²) < 4.78 is 17.4. The van der Waals surface area contributed by atoms with E-state index >= 15 is 0 Å². The van der Waals surface area contributed by atoms with Crippen LogP contribution in [0.3, 0.4) is 0 Å². The first-order chi connectivity index (χ1) is 20.4. The molecule has 0 aliphatic carbocycles. The Kier molecular flexibility index (Phi) is 9.28. The number of ether oxygens (including phenoxy) is 3. The van der Waals surface area contributed by atoms with Crippen molar-refractivity contribution in [1.82, 2.24) is 10.3 Å². The number of nitrogen functional groups attached to an aromatic ring is 1. The van der Waals surface area contributed by atoms with E-state index in [9.17, 15) is 4.79 Å². The van der Waals surface area contributed by atoms with Gasteiger partial charge < -0.3 is 35.5 Å². The molecule has 220 valence electrons. The van der Waals surface area contributed by atoms with Crippen LogP contribution < -0.4 is 30.7 Å². The number of carbonyl (C=O) groups excluding carboxylic acids is 1. The Morgan fingerprint density at radius 1 is 1.05 bits per heavy atom. The van der Waals surface area contributed by atoms with E-state index in [2.05, 4.69) is 32.7 Å². The predicted octanol–water partition coefficient (Wildman–Crippen LogP) is 5.31. The molecule has 1 amide bonds. The number of amides is 1. The van der Waals surface area contributed by atoms with Crippen molar-refractivity contribution in [1.29, 1.82) is 0 Å². The number of pyridine rings is 1. The van der Waals surface area contributed by atoms with E-state index in [1.807, 2.05) is 75.4 Å². The Bertz CT molecular complexity index is 1520. The molecule has 2 heterocycles. The van der Waals surface area contributed by atoms with Crippen molar-refractivity contribution in [2.45, 2.75) is 39.5 Å². The molecule has 4 aromatic rings. The number of aromatic nitrogens is 1. The summed E-state index contributed by atoms with van der Waals surface area (Å²) >= 11 is 0. The normalized spacial score (nSPS) is 14.0. The Morgan fingerprint density at radius 2 is 1.86 bits per heavy atom. The lowest BCUT2D eigenvalue weighted by Gasteiger charge is -2.30. The molecule has 5 rings (SSSR count). The number of nitrogens with zero attached hydrogens (tertiary/aromatic N) is 2. The van der Waals surface area contributed by atoms with Gasteiger partial charge in [-0.1, -0.05) is 24.3 Å². The minimum atomic E-state index is -0.704. The molecule has 0 radical (unpaired) electrons. The molecule has 4 N–H and O–H groups in total. The molecular weight excluding hydrogens is 530 g/mol. The van der Waals surface area contributed by atoms with Gasteiger partial charge in [-0.15, -0.1) is 0 Å². The third-order valence-corrected chi connectivity index (χ3v) is 7.13. The van der Waals surface area contributed by atoms with Gasteiger partial charge in [0.15, 0.2) is 11.5 Å². The second kappa shape index (κ2) is 13.4. The van der Waals surface area contributed by atoms with Crippen LogP contribution in [0.2, 0.25) is 0 Å². The molecule has 3 aromatic carbocycles. The number of morpholine rings is 1. The zero-order valence-electron chi connectivity index (χ0n) is 24.4. The molecule has 9 nitrogen and oxygen atoms in total. The van der Waals surface area contributed by atoms with E-state index < -0.39 is 6.04 Å². The number of fused-ring (bicyclic) bond motifs is 1. The van der Waals surface area contributed by atoms with E-state index in [4.69, 9.17) is 19.9 Å². The van der Waals surface area contributed by atoms with E-state index in [1.165, 1.54) is 0 Å². The number of para-hydroxylation sites is 1. The molecule has 0 bridgehead atoms. The molecule has 1 aliphatic heterocycles. The number of nitrogens with one attached hydrogen (secondary N) is 2. The fourth-order valence-corrected chi connectivity index (χ4v) is 5.14. The maximum Gasteiger partial charge on any atom is 0.247 e. The highest BCUT2D eigenvalue weighted by Gasteiger charge is 2.24. The number of benzene rings is 3. The van der Waals surface area contributed by atoms with Crippen LogP contribution in [0.5, 0.6) is 11.5 Å². The Hall–Kier alpha value is -4.50. The minimum absolute atomic E-state index is 0.0154. The molecule has 42 heavy (non-hydrogen) atoms. The topological polar surface area (TPSA) is 111 Å². The van der Waals surface area contributed by atoms with Gasteiger partial charge in [-0.3, -0.25) is 4.79 Å². The maximum absolute atomic E-state index is 13.9. The van der Waals surface area contributed by atoms with Crippen molar-refractivity contribution >= 4 is 33.9 Å². The second-order valence-electron chi connectivity index (χ2n) is 10.5. The van der Waals surface area contributed by atoms with Gasteiger partial charge in [0.25, 0.3) is 0 Å². The Labute approximate surface area is 247 Å². The van der Waals surface area contributed by atoms with Crippen LogP contribution in [0.25, 0.3) is 10.8 Å². The molecule has 1 saturated heterocycles. The Morgan fingerprint density at radius 3 is 2.64 bits per heavy atom. The zero-order chi connectivity index (χ0) is 29.5. The first-order valence-corrected chi connectivity index (χ1v) is 14.5. The van der Waals surface area contributed by atoms with Crippen molar-refractivity contribution in [2.75, 3.05) is 48.9 Å². The maximum atomic E-state index is 13.9. The highest BCUT2D eigenvalue weighted by molar-refractivity contribution is 5.94. The number of rotatable bonds is 11. The molecule has 1 unspecified atom stereocenters. The van der Waals surface area contributed by atoms with Gasteiger partial charge >= 0.3 is 0 Å². The van der Waals surface area contributed by atoms with Crippen molar-refractivity contribution in [3.8, 4) is 11.5 Å². The average Bonchev–Trinajstić information content (AvgIpc) is 3.00. The number of hydrogen-bond acceptors (Lipinski definition) is 8. The number of nitrogens with two attached hydrogens (primary N) is 1. The quantitative estimate of drug-likeness (QED) is 0.223. The minimum Gasteiger partial charge on any atom is -0.490 e. The van der Waals surface area contributed by atoms with Crippen molar-refractivity contribution in [2.24, 2.45) is 0 Å². The van der Waals surface area contributed by atoms with Crippen molar-refractivity contribution in [3.63, 3.8) is 0 Å². The highest BCUT2D eigenvalue weighted by atomic mass is 16.5. The molecule has 9 heteroatoms. The summed E-state index contributed by atoms with van der Waals surface area (Å²) in [6.45, 7) is 9.76. The lowest BCUT2D eigenvalue weighted by atomic mass is 10.0. The van der Waals surface area contributed by atoms with Gasteiger partial charge in [-0.25, -0.2) is 4.98 Å². The van der Waals surface area contributed by atoms with Gasteiger partial charge in [-0.05, 0) is 79.7 Å². The summed E-state index contributed by atoms with van der Waals surface area (Å²) in [6, 6.07) is 20.8. The van der Waals surface area contributed by atoms with E-state index in [0.717, 1.165) is 46.4 Å². The second-order valence-corrected chi connectivity index (χ2v) is 10.5. The lowest BCUT2D eigenvalue weighted by molar-refractivity contribution is -0.122.